The van der Waals surface area contributed by atoms with Gasteiger partial charge in [-0.25, -0.2) is 0 Å². The minimum atomic E-state index is -0.217. The molecule has 112 valence electrons. The van der Waals surface area contributed by atoms with E-state index in [1.54, 1.807) is 7.11 Å². The Hall–Kier alpha value is -1.55. The summed E-state index contributed by atoms with van der Waals surface area (Å²) in [6.07, 6.45) is 0. The number of methoxy groups -OCH3 is 1. The Morgan fingerprint density at radius 2 is 1.75 bits per heavy atom. The second-order valence-electron chi connectivity index (χ2n) is 5.52. The van der Waals surface area contributed by atoms with E-state index in [9.17, 15) is 4.79 Å². The summed E-state index contributed by atoms with van der Waals surface area (Å²) in [7, 11) is 1.65. The molecule has 1 rings (SSSR count). The molecule has 1 amide bonds. The maximum absolute atomic E-state index is 11.9. The molecule has 0 fully saturated rings. The first-order valence-electron chi connectivity index (χ1n) is 7.11. The maximum Gasteiger partial charge on any atom is 0.236 e. The lowest BCUT2D eigenvalue weighted by atomic mass is 10.1. The van der Waals surface area contributed by atoms with Crippen LogP contribution in [0.15, 0.2) is 24.3 Å². The fraction of sp³-hybridized carbons (Fsp3) is 0.562. The van der Waals surface area contributed by atoms with Crippen molar-refractivity contribution in [2.45, 2.75) is 39.8 Å². The summed E-state index contributed by atoms with van der Waals surface area (Å²) in [6, 6.07) is 7.77. The average molecular weight is 278 g/mol. The molecule has 2 atom stereocenters. The fourth-order valence-corrected chi connectivity index (χ4v) is 1.90. The number of carbonyl (C=O) groups excluding carboxylic acids is 1. The second kappa shape index (κ2) is 7.90. The molecule has 0 saturated carbocycles. The summed E-state index contributed by atoms with van der Waals surface area (Å²) in [5.41, 5.74) is 1.13. The SMILES string of the molecule is COc1ccc([C@H](C)NC(C)C(=O)NCC(C)C)cc1. The molecule has 4 heteroatoms. The predicted molar refractivity (Wildman–Crippen MR) is 81.9 cm³/mol. The number of hydrogen-bond acceptors (Lipinski definition) is 3. The number of amides is 1. The minimum absolute atomic E-state index is 0.0408. The van der Waals surface area contributed by atoms with E-state index < -0.39 is 0 Å². The summed E-state index contributed by atoms with van der Waals surface area (Å²) in [5, 5.41) is 6.24. The normalized spacial score (nSPS) is 13.9. The smallest absolute Gasteiger partial charge is 0.236 e. The Bertz CT molecular complexity index is 415. The molecule has 0 saturated heterocycles. The molecule has 2 N–H and O–H groups in total. The van der Waals surface area contributed by atoms with E-state index in [1.165, 1.54) is 0 Å². The van der Waals surface area contributed by atoms with Crippen LogP contribution in [0.1, 0.15) is 39.3 Å². The first-order chi connectivity index (χ1) is 9.43. The third-order valence-corrected chi connectivity index (χ3v) is 3.19. The lowest BCUT2D eigenvalue weighted by Crippen LogP contribution is -2.44. The third kappa shape index (κ3) is 5.21. The molecule has 0 aliphatic heterocycles. The van der Waals surface area contributed by atoms with Gasteiger partial charge in [-0.15, -0.1) is 0 Å². The monoisotopic (exact) mass is 278 g/mol. The summed E-state index contributed by atoms with van der Waals surface area (Å²) < 4.78 is 5.14. The topological polar surface area (TPSA) is 50.4 Å². The van der Waals surface area contributed by atoms with Crippen LogP contribution in [-0.2, 0) is 4.79 Å². The molecular weight excluding hydrogens is 252 g/mol. The minimum Gasteiger partial charge on any atom is -0.497 e. The Kier molecular flexibility index (Phi) is 6.52. The molecule has 1 aromatic rings. The van der Waals surface area contributed by atoms with Crippen molar-refractivity contribution in [2.24, 2.45) is 5.92 Å². The number of carbonyl (C=O) groups is 1. The molecule has 0 heterocycles. The van der Waals surface area contributed by atoms with Crippen molar-refractivity contribution in [2.75, 3.05) is 13.7 Å². The van der Waals surface area contributed by atoms with E-state index in [-0.39, 0.29) is 18.0 Å². The van der Waals surface area contributed by atoms with E-state index in [4.69, 9.17) is 4.74 Å². The van der Waals surface area contributed by atoms with Crippen LogP contribution >= 0.6 is 0 Å². The molecule has 0 bridgehead atoms. The van der Waals surface area contributed by atoms with Crippen molar-refractivity contribution in [3.63, 3.8) is 0 Å². The van der Waals surface area contributed by atoms with Crippen LogP contribution in [0.3, 0.4) is 0 Å². The van der Waals surface area contributed by atoms with Gasteiger partial charge in [0.15, 0.2) is 0 Å². The Morgan fingerprint density at radius 1 is 1.15 bits per heavy atom. The molecule has 4 nitrogen and oxygen atoms in total. The van der Waals surface area contributed by atoms with Gasteiger partial charge in [-0.1, -0.05) is 26.0 Å². The van der Waals surface area contributed by atoms with Gasteiger partial charge in [-0.3, -0.25) is 10.1 Å². The van der Waals surface area contributed by atoms with Crippen molar-refractivity contribution < 1.29 is 9.53 Å². The summed E-state index contributed by atoms with van der Waals surface area (Å²) in [4.78, 5) is 11.9. The highest BCUT2D eigenvalue weighted by Gasteiger charge is 2.16. The van der Waals surface area contributed by atoms with Crippen molar-refractivity contribution >= 4 is 5.91 Å². The molecule has 0 aliphatic carbocycles. The predicted octanol–water partition coefficient (Wildman–Crippen LogP) is 2.51. The van der Waals surface area contributed by atoms with Crippen LogP contribution in [0.25, 0.3) is 0 Å². The number of hydrogen-bond donors (Lipinski definition) is 2. The molecular formula is C16H26N2O2. The zero-order chi connectivity index (χ0) is 15.1. The lowest BCUT2D eigenvalue weighted by molar-refractivity contribution is -0.123. The van der Waals surface area contributed by atoms with Gasteiger partial charge in [0, 0.05) is 12.6 Å². The van der Waals surface area contributed by atoms with Crippen molar-refractivity contribution in [1.82, 2.24) is 10.6 Å². The molecule has 1 aromatic carbocycles. The van der Waals surface area contributed by atoms with E-state index >= 15 is 0 Å². The number of nitrogens with one attached hydrogen (secondary N) is 2. The molecule has 0 aliphatic rings. The molecule has 0 aromatic heterocycles. The highest BCUT2D eigenvalue weighted by molar-refractivity contribution is 5.81. The first-order valence-corrected chi connectivity index (χ1v) is 7.11. The highest BCUT2D eigenvalue weighted by atomic mass is 16.5. The summed E-state index contributed by atoms with van der Waals surface area (Å²) in [5.74, 6) is 1.34. The van der Waals surface area contributed by atoms with Crippen LogP contribution in [0.2, 0.25) is 0 Å². The van der Waals surface area contributed by atoms with Crippen LogP contribution < -0.4 is 15.4 Å². The van der Waals surface area contributed by atoms with Crippen LogP contribution in [0.4, 0.5) is 0 Å². The van der Waals surface area contributed by atoms with E-state index in [0.29, 0.717) is 12.5 Å². The van der Waals surface area contributed by atoms with Crippen LogP contribution in [0, 0.1) is 5.92 Å². The fourth-order valence-electron chi connectivity index (χ4n) is 1.90. The maximum atomic E-state index is 11.9. The molecule has 20 heavy (non-hydrogen) atoms. The van der Waals surface area contributed by atoms with Crippen molar-refractivity contribution in [1.29, 1.82) is 0 Å². The Balaban J connectivity index is 2.51. The van der Waals surface area contributed by atoms with Gasteiger partial charge in [0.05, 0.1) is 13.2 Å². The van der Waals surface area contributed by atoms with Gasteiger partial charge in [-0.2, -0.15) is 0 Å². The number of benzene rings is 1. The summed E-state index contributed by atoms with van der Waals surface area (Å²) in [6.45, 7) is 8.81. The van der Waals surface area contributed by atoms with Gasteiger partial charge >= 0.3 is 0 Å². The van der Waals surface area contributed by atoms with Crippen molar-refractivity contribution in [3.8, 4) is 5.75 Å². The number of ether oxygens (including phenoxy) is 1. The summed E-state index contributed by atoms with van der Waals surface area (Å²) >= 11 is 0. The van der Waals surface area contributed by atoms with E-state index in [0.717, 1.165) is 11.3 Å². The number of rotatable bonds is 7. The quantitative estimate of drug-likeness (QED) is 0.805. The second-order valence-corrected chi connectivity index (χ2v) is 5.52. The van der Waals surface area contributed by atoms with E-state index in [1.807, 2.05) is 38.1 Å². The molecule has 1 unspecified atom stereocenters. The van der Waals surface area contributed by atoms with Gasteiger partial charge in [0.1, 0.15) is 5.75 Å². The van der Waals surface area contributed by atoms with Gasteiger partial charge in [0.2, 0.25) is 5.91 Å². The molecule has 0 radical (unpaired) electrons. The highest BCUT2D eigenvalue weighted by Crippen LogP contribution is 2.17. The Morgan fingerprint density at radius 3 is 2.25 bits per heavy atom. The molecule has 0 spiro atoms. The third-order valence-electron chi connectivity index (χ3n) is 3.19. The zero-order valence-electron chi connectivity index (χ0n) is 13.1. The lowest BCUT2D eigenvalue weighted by Gasteiger charge is -2.20. The van der Waals surface area contributed by atoms with Gasteiger partial charge < -0.3 is 10.1 Å². The Labute approximate surface area is 121 Å². The van der Waals surface area contributed by atoms with Gasteiger partial charge in [0.25, 0.3) is 0 Å². The first kappa shape index (κ1) is 16.5. The van der Waals surface area contributed by atoms with E-state index in [2.05, 4.69) is 24.5 Å². The van der Waals surface area contributed by atoms with Gasteiger partial charge in [-0.05, 0) is 37.5 Å². The average Bonchev–Trinajstić information content (AvgIpc) is 2.44. The van der Waals surface area contributed by atoms with Crippen LogP contribution in [0.5, 0.6) is 5.75 Å². The zero-order valence-corrected chi connectivity index (χ0v) is 13.1. The standard InChI is InChI=1S/C16H26N2O2/c1-11(2)10-17-16(19)13(4)18-12(3)14-6-8-15(20-5)9-7-14/h6-9,11-13,18H,10H2,1-5H3,(H,17,19)/t12-,13?/m0/s1. The van der Waals surface area contributed by atoms with Crippen LogP contribution in [-0.4, -0.2) is 25.6 Å². The van der Waals surface area contributed by atoms with Crippen molar-refractivity contribution in [3.05, 3.63) is 29.8 Å². The largest absolute Gasteiger partial charge is 0.497 e.